The van der Waals surface area contributed by atoms with Crippen LogP contribution in [-0.4, -0.2) is 25.2 Å². The zero-order valence-corrected chi connectivity index (χ0v) is 22.3. The Morgan fingerprint density at radius 2 is 0.875 bits per heavy atom. The normalized spacial score (nSPS) is 13.4. The average molecular weight is 455 g/mol. The van der Waals surface area contributed by atoms with Crippen molar-refractivity contribution in [2.24, 2.45) is 23.7 Å². The molecule has 0 aliphatic heterocycles. The van der Waals surface area contributed by atoms with Crippen molar-refractivity contribution in [2.75, 3.05) is 13.2 Å². The number of carbonyl (C=O) groups is 2. The molecule has 0 saturated heterocycles. The predicted molar refractivity (Wildman–Crippen MR) is 135 cm³/mol. The lowest BCUT2D eigenvalue weighted by atomic mass is 9.83. The second kappa shape index (κ2) is 20.5. The van der Waals surface area contributed by atoms with Gasteiger partial charge in [-0.2, -0.15) is 0 Å². The van der Waals surface area contributed by atoms with Gasteiger partial charge in [-0.15, -0.1) is 0 Å². The van der Waals surface area contributed by atoms with E-state index in [0.717, 1.165) is 64.2 Å². The Morgan fingerprint density at radius 3 is 1.25 bits per heavy atom. The maximum absolute atomic E-state index is 13.1. The van der Waals surface area contributed by atoms with Crippen LogP contribution in [0.1, 0.15) is 131 Å². The van der Waals surface area contributed by atoms with Gasteiger partial charge in [0, 0.05) is 0 Å². The Morgan fingerprint density at radius 1 is 0.531 bits per heavy atom. The van der Waals surface area contributed by atoms with Crippen LogP contribution >= 0.6 is 0 Å². The van der Waals surface area contributed by atoms with Crippen LogP contribution < -0.4 is 0 Å². The van der Waals surface area contributed by atoms with Crippen molar-refractivity contribution in [1.29, 1.82) is 0 Å². The summed E-state index contributed by atoms with van der Waals surface area (Å²) in [5.74, 6) is -0.154. The van der Waals surface area contributed by atoms with Crippen LogP contribution in [0.2, 0.25) is 0 Å². The topological polar surface area (TPSA) is 52.6 Å². The molecule has 2 unspecified atom stereocenters. The molecular weight excluding hydrogens is 400 g/mol. The highest BCUT2D eigenvalue weighted by atomic mass is 16.5. The van der Waals surface area contributed by atoms with Crippen LogP contribution in [0.25, 0.3) is 0 Å². The minimum absolute atomic E-state index is 0.194. The quantitative estimate of drug-likeness (QED) is 0.130. The third kappa shape index (κ3) is 16.6. The Kier molecular flexibility index (Phi) is 19.9. The molecule has 0 heterocycles. The number of hydrogen-bond acceptors (Lipinski definition) is 4. The van der Waals surface area contributed by atoms with Gasteiger partial charge in [0.25, 0.3) is 0 Å². The second-order valence-electron chi connectivity index (χ2n) is 10.3. The first-order valence-corrected chi connectivity index (χ1v) is 13.7. The molecule has 0 rings (SSSR count). The SMILES string of the molecule is CCCCCCCCC(C(=O)OCCC(C)C)C(CCCCCC)C(=O)OCCC(C)C. The van der Waals surface area contributed by atoms with Crippen LogP contribution in [0.4, 0.5) is 0 Å². The van der Waals surface area contributed by atoms with Gasteiger partial charge in [-0.05, 0) is 37.5 Å². The first-order chi connectivity index (χ1) is 15.3. The molecule has 0 spiro atoms. The molecule has 0 fully saturated rings. The summed E-state index contributed by atoms with van der Waals surface area (Å²) < 4.78 is 11.3. The highest BCUT2D eigenvalue weighted by molar-refractivity contribution is 5.82. The predicted octanol–water partition coefficient (Wildman–Crippen LogP) is 8.12. The van der Waals surface area contributed by atoms with Gasteiger partial charge in [0.1, 0.15) is 0 Å². The van der Waals surface area contributed by atoms with Crippen LogP contribution in [0.5, 0.6) is 0 Å². The van der Waals surface area contributed by atoms with E-state index in [9.17, 15) is 9.59 Å². The van der Waals surface area contributed by atoms with Crippen LogP contribution in [0.3, 0.4) is 0 Å². The summed E-state index contributed by atoms with van der Waals surface area (Å²) in [7, 11) is 0. The Balaban J connectivity index is 5.15. The first-order valence-electron chi connectivity index (χ1n) is 13.7. The van der Waals surface area contributed by atoms with Crippen molar-refractivity contribution < 1.29 is 19.1 Å². The number of rotatable bonds is 21. The van der Waals surface area contributed by atoms with Gasteiger partial charge in [-0.3, -0.25) is 9.59 Å². The van der Waals surface area contributed by atoms with Crippen molar-refractivity contribution in [3.63, 3.8) is 0 Å². The molecule has 0 bridgehead atoms. The van der Waals surface area contributed by atoms with Gasteiger partial charge >= 0.3 is 11.9 Å². The molecule has 2 atom stereocenters. The molecule has 32 heavy (non-hydrogen) atoms. The van der Waals surface area contributed by atoms with Gasteiger partial charge in [-0.1, -0.05) is 106 Å². The molecule has 0 aromatic heterocycles. The standard InChI is InChI=1S/C28H54O4/c1-7-9-11-13-14-16-18-26(28(30)32-22-20-24(5)6)25(17-15-12-10-8-2)27(29)31-21-19-23(3)4/h23-26H,7-22H2,1-6H3. The summed E-state index contributed by atoms with van der Waals surface area (Å²) in [5, 5.41) is 0. The van der Waals surface area contributed by atoms with Crippen molar-refractivity contribution in [2.45, 2.75) is 131 Å². The van der Waals surface area contributed by atoms with E-state index >= 15 is 0 Å². The van der Waals surface area contributed by atoms with E-state index in [0.29, 0.717) is 25.0 Å². The lowest BCUT2D eigenvalue weighted by Crippen LogP contribution is -2.33. The number of unbranched alkanes of at least 4 members (excludes halogenated alkanes) is 8. The zero-order valence-electron chi connectivity index (χ0n) is 22.3. The molecule has 0 N–H and O–H groups in total. The summed E-state index contributed by atoms with van der Waals surface area (Å²) in [4.78, 5) is 26.1. The summed E-state index contributed by atoms with van der Waals surface area (Å²) in [6, 6.07) is 0. The van der Waals surface area contributed by atoms with Crippen LogP contribution in [-0.2, 0) is 19.1 Å². The van der Waals surface area contributed by atoms with Crippen LogP contribution in [0.15, 0.2) is 0 Å². The highest BCUT2D eigenvalue weighted by Crippen LogP contribution is 2.28. The summed E-state index contributed by atoms with van der Waals surface area (Å²) in [6.45, 7) is 13.8. The fourth-order valence-corrected chi connectivity index (χ4v) is 3.91. The van der Waals surface area contributed by atoms with E-state index in [4.69, 9.17) is 9.47 Å². The minimum atomic E-state index is -0.374. The maximum atomic E-state index is 13.1. The lowest BCUT2D eigenvalue weighted by Gasteiger charge is -2.25. The lowest BCUT2D eigenvalue weighted by molar-refractivity contribution is -0.162. The minimum Gasteiger partial charge on any atom is -0.465 e. The molecule has 0 saturated carbocycles. The second-order valence-corrected chi connectivity index (χ2v) is 10.3. The van der Waals surface area contributed by atoms with Gasteiger partial charge in [0.05, 0.1) is 25.0 Å². The average Bonchev–Trinajstić information content (AvgIpc) is 2.73. The van der Waals surface area contributed by atoms with E-state index in [1.54, 1.807) is 0 Å². The van der Waals surface area contributed by atoms with Gasteiger partial charge in [-0.25, -0.2) is 0 Å². The van der Waals surface area contributed by atoms with Crippen molar-refractivity contribution >= 4 is 11.9 Å². The molecule has 190 valence electrons. The molecular formula is C28H54O4. The smallest absolute Gasteiger partial charge is 0.309 e. The monoisotopic (exact) mass is 454 g/mol. The number of carbonyl (C=O) groups excluding carboxylic acids is 2. The summed E-state index contributed by atoms with van der Waals surface area (Å²) >= 11 is 0. The van der Waals surface area contributed by atoms with E-state index in [2.05, 4.69) is 41.5 Å². The van der Waals surface area contributed by atoms with Crippen LogP contribution in [0, 0.1) is 23.7 Å². The molecule has 4 heteroatoms. The number of ether oxygens (including phenoxy) is 2. The molecule has 0 amide bonds. The van der Waals surface area contributed by atoms with Gasteiger partial charge < -0.3 is 9.47 Å². The highest BCUT2D eigenvalue weighted by Gasteiger charge is 2.35. The first kappa shape index (κ1) is 30.9. The molecule has 0 radical (unpaired) electrons. The van der Waals surface area contributed by atoms with Gasteiger partial charge in [0.2, 0.25) is 0 Å². The van der Waals surface area contributed by atoms with Crippen molar-refractivity contribution in [3.05, 3.63) is 0 Å². The molecule has 0 aromatic carbocycles. The Labute approximate surface area is 199 Å². The van der Waals surface area contributed by atoms with E-state index in [-0.39, 0.29) is 23.8 Å². The van der Waals surface area contributed by atoms with Crippen molar-refractivity contribution in [3.8, 4) is 0 Å². The fourth-order valence-electron chi connectivity index (χ4n) is 3.91. The zero-order chi connectivity index (χ0) is 24.2. The number of esters is 2. The Bertz CT molecular complexity index is 458. The van der Waals surface area contributed by atoms with Crippen molar-refractivity contribution in [1.82, 2.24) is 0 Å². The maximum Gasteiger partial charge on any atom is 0.309 e. The molecule has 0 aromatic rings. The van der Waals surface area contributed by atoms with E-state index in [1.165, 1.54) is 25.7 Å². The third-order valence-electron chi connectivity index (χ3n) is 6.21. The summed E-state index contributed by atoms with van der Waals surface area (Å²) in [6.07, 6.45) is 14.6. The third-order valence-corrected chi connectivity index (χ3v) is 6.21. The van der Waals surface area contributed by atoms with E-state index < -0.39 is 0 Å². The van der Waals surface area contributed by atoms with E-state index in [1.807, 2.05) is 0 Å². The molecule has 4 nitrogen and oxygen atoms in total. The number of hydrogen-bond donors (Lipinski definition) is 0. The molecule has 0 aliphatic carbocycles. The largest absolute Gasteiger partial charge is 0.465 e. The fraction of sp³-hybridized carbons (Fsp3) is 0.929. The summed E-state index contributed by atoms with van der Waals surface area (Å²) in [5.41, 5.74) is 0. The Hall–Kier alpha value is -1.06. The van der Waals surface area contributed by atoms with Gasteiger partial charge in [0.15, 0.2) is 0 Å². The molecule has 0 aliphatic rings.